The van der Waals surface area contributed by atoms with Crippen molar-refractivity contribution in [1.82, 2.24) is 10.2 Å². The summed E-state index contributed by atoms with van der Waals surface area (Å²) in [6.45, 7) is 2.02. The predicted octanol–water partition coefficient (Wildman–Crippen LogP) is 1.25. The molecule has 1 aromatic rings. The Kier molecular flexibility index (Phi) is 4.38. The first-order valence-corrected chi connectivity index (χ1v) is 7.58. The molecule has 22 heavy (non-hydrogen) atoms. The van der Waals surface area contributed by atoms with Crippen LogP contribution in [0, 0.1) is 11.7 Å². The van der Waals surface area contributed by atoms with Crippen molar-refractivity contribution in [3.63, 3.8) is 0 Å². The number of hydrogen-bond donors (Lipinski definition) is 1. The van der Waals surface area contributed by atoms with Gasteiger partial charge in [-0.25, -0.2) is 4.39 Å². The van der Waals surface area contributed by atoms with E-state index < -0.39 is 11.9 Å². The zero-order valence-corrected chi connectivity index (χ0v) is 12.3. The minimum Gasteiger partial charge on any atom is -0.381 e. The van der Waals surface area contributed by atoms with Crippen LogP contribution in [0.25, 0.3) is 0 Å². The third kappa shape index (κ3) is 2.97. The Labute approximate surface area is 128 Å². The lowest BCUT2D eigenvalue weighted by molar-refractivity contribution is -0.148. The second-order valence-corrected chi connectivity index (χ2v) is 5.67. The quantitative estimate of drug-likeness (QED) is 0.895. The van der Waals surface area contributed by atoms with Gasteiger partial charge in [0, 0.05) is 32.2 Å². The van der Waals surface area contributed by atoms with Crippen molar-refractivity contribution in [1.29, 1.82) is 0 Å². The number of rotatable bonds is 2. The number of carbonyl (C=O) groups excluding carboxylic acids is 2. The zero-order valence-electron chi connectivity index (χ0n) is 12.3. The molecule has 2 amide bonds. The number of amides is 2. The maximum Gasteiger partial charge on any atom is 0.247 e. The molecule has 0 bridgehead atoms. The first-order valence-electron chi connectivity index (χ1n) is 7.58. The molecule has 2 heterocycles. The van der Waals surface area contributed by atoms with Gasteiger partial charge in [0.05, 0.1) is 0 Å². The molecule has 118 valence electrons. The Morgan fingerprint density at radius 3 is 2.82 bits per heavy atom. The van der Waals surface area contributed by atoms with Gasteiger partial charge in [0.1, 0.15) is 11.9 Å². The third-order valence-electron chi connectivity index (χ3n) is 4.23. The van der Waals surface area contributed by atoms with Gasteiger partial charge in [0.15, 0.2) is 0 Å². The van der Waals surface area contributed by atoms with Crippen LogP contribution in [-0.4, -0.2) is 43.0 Å². The van der Waals surface area contributed by atoms with Gasteiger partial charge < -0.3 is 15.0 Å². The van der Waals surface area contributed by atoms with Crippen molar-refractivity contribution in [3.8, 4) is 0 Å². The summed E-state index contributed by atoms with van der Waals surface area (Å²) in [7, 11) is 0. The smallest absolute Gasteiger partial charge is 0.247 e. The van der Waals surface area contributed by atoms with Gasteiger partial charge in [0.25, 0.3) is 0 Å². The summed E-state index contributed by atoms with van der Waals surface area (Å²) in [6, 6.07) is 5.14. The van der Waals surface area contributed by atoms with Crippen LogP contribution in [-0.2, 0) is 14.3 Å². The number of halogens is 1. The Hall–Kier alpha value is -1.95. The number of ether oxygens (including phenoxy) is 1. The average Bonchev–Trinajstić information content (AvgIpc) is 2.54. The molecule has 6 heteroatoms. The van der Waals surface area contributed by atoms with E-state index in [-0.39, 0.29) is 17.7 Å². The lowest BCUT2D eigenvalue weighted by atomic mass is 9.95. The van der Waals surface area contributed by atoms with E-state index in [2.05, 4.69) is 5.32 Å². The first-order chi connectivity index (χ1) is 10.7. The van der Waals surface area contributed by atoms with Crippen LogP contribution in [0.3, 0.4) is 0 Å². The topological polar surface area (TPSA) is 58.6 Å². The highest BCUT2D eigenvalue weighted by atomic mass is 19.1. The fourth-order valence-corrected chi connectivity index (χ4v) is 3.09. The van der Waals surface area contributed by atoms with Crippen LogP contribution in [0.15, 0.2) is 24.3 Å². The highest BCUT2D eigenvalue weighted by molar-refractivity contribution is 5.90. The van der Waals surface area contributed by atoms with Crippen molar-refractivity contribution < 1.29 is 18.7 Å². The summed E-state index contributed by atoms with van der Waals surface area (Å²) in [4.78, 5) is 26.6. The Bertz CT molecular complexity index is 572. The molecule has 0 unspecified atom stereocenters. The molecule has 0 saturated carbocycles. The van der Waals surface area contributed by atoms with E-state index in [1.807, 2.05) is 0 Å². The molecule has 2 aliphatic heterocycles. The molecule has 1 atom stereocenters. The van der Waals surface area contributed by atoms with Crippen LogP contribution in [0.4, 0.5) is 4.39 Å². The van der Waals surface area contributed by atoms with Gasteiger partial charge in [-0.3, -0.25) is 9.59 Å². The summed E-state index contributed by atoms with van der Waals surface area (Å²) in [6.07, 6.45) is 1.35. The summed E-state index contributed by atoms with van der Waals surface area (Å²) in [5.74, 6) is -0.810. The largest absolute Gasteiger partial charge is 0.381 e. The molecular formula is C16H19FN2O3. The molecule has 0 aromatic heterocycles. The van der Waals surface area contributed by atoms with E-state index >= 15 is 0 Å². The van der Waals surface area contributed by atoms with E-state index in [1.54, 1.807) is 17.0 Å². The van der Waals surface area contributed by atoms with Crippen LogP contribution in [0.5, 0.6) is 0 Å². The Balaban J connectivity index is 1.86. The standard InChI is InChI=1S/C16H19FN2O3/c17-13-3-1-2-12(10-13)14-15(20)18-6-7-19(14)16(21)11-4-8-22-9-5-11/h1-3,10-11,14H,4-9H2,(H,18,20)/t14-/m1/s1. The SMILES string of the molecule is O=C1NCCN(C(=O)C2CCOCC2)[C@@H]1c1cccc(F)c1. The van der Waals surface area contributed by atoms with E-state index in [9.17, 15) is 14.0 Å². The molecule has 2 aliphatic rings. The predicted molar refractivity (Wildman–Crippen MR) is 77.4 cm³/mol. The monoisotopic (exact) mass is 306 g/mol. The Morgan fingerprint density at radius 2 is 2.09 bits per heavy atom. The number of nitrogens with one attached hydrogen (secondary N) is 1. The number of benzene rings is 1. The second-order valence-electron chi connectivity index (χ2n) is 5.67. The normalized spacial score (nSPS) is 23.2. The van der Waals surface area contributed by atoms with Gasteiger partial charge in [-0.15, -0.1) is 0 Å². The fraction of sp³-hybridized carbons (Fsp3) is 0.500. The van der Waals surface area contributed by atoms with Gasteiger partial charge in [-0.2, -0.15) is 0 Å². The van der Waals surface area contributed by atoms with Crippen LogP contribution < -0.4 is 5.32 Å². The summed E-state index contributed by atoms with van der Waals surface area (Å²) < 4.78 is 18.8. The lowest BCUT2D eigenvalue weighted by Crippen LogP contribution is -2.54. The molecule has 0 aliphatic carbocycles. The van der Waals surface area contributed by atoms with Gasteiger partial charge in [0.2, 0.25) is 11.8 Å². The highest BCUT2D eigenvalue weighted by Gasteiger charge is 2.37. The van der Waals surface area contributed by atoms with Gasteiger partial charge in [-0.05, 0) is 30.5 Å². The van der Waals surface area contributed by atoms with Crippen molar-refractivity contribution in [2.75, 3.05) is 26.3 Å². The minimum atomic E-state index is -0.750. The lowest BCUT2D eigenvalue weighted by Gasteiger charge is -2.38. The fourth-order valence-electron chi connectivity index (χ4n) is 3.09. The highest BCUT2D eigenvalue weighted by Crippen LogP contribution is 2.28. The maximum absolute atomic E-state index is 13.5. The van der Waals surface area contributed by atoms with Crippen molar-refractivity contribution >= 4 is 11.8 Å². The first kappa shape index (κ1) is 15.0. The van der Waals surface area contributed by atoms with Crippen LogP contribution in [0.2, 0.25) is 0 Å². The molecule has 1 N–H and O–H groups in total. The Morgan fingerprint density at radius 1 is 1.32 bits per heavy atom. The molecule has 2 fully saturated rings. The number of hydrogen-bond acceptors (Lipinski definition) is 3. The maximum atomic E-state index is 13.5. The van der Waals surface area contributed by atoms with E-state index in [0.29, 0.717) is 44.7 Å². The van der Waals surface area contributed by atoms with Crippen molar-refractivity contribution in [2.45, 2.75) is 18.9 Å². The van der Waals surface area contributed by atoms with Crippen molar-refractivity contribution in [3.05, 3.63) is 35.6 Å². The zero-order chi connectivity index (χ0) is 15.5. The molecule has 0 radical (unpaired) electrons. The van der Waals surface area contributed by atoms with Gasteiger partial charge in [-0.1, -0.05) is 12.1 Å². The van der Waals surface area contributed by atoms with Crippen molar-refractivity contribution in [2.24, 2.45) is 5.92 Å². The number of piperazine rings is 1. The molecular weight excluding hydrogens is 287 g/mol. The molecule has 1 aromatic carbocycles. The summed E-state index contributed by atoms with van der Waals surface area (Å²) in [5.41, 5.74) is 0.512. The van der Waals surface area contributed by atoms with Crippen LogP contribution >= 0.6 is 0 Å². The summed E-state index contributed by atoms with van der Waals surface area (Å²) >= 11 is 0. The molecule has 2 saturated heterocycles. The molecule has 5 nitrogen and oxygen atoms in total. The van der Waals surface area contributed by atoms with E-state index in [0.717, 1.165) is 0 Å². The van der Waals surface area contributed by atoms with E-state index in [4.69, 9.17) is 4.74 Å². The molecule has 3 rings (SSSR count). The number of nitrogens with zero attached hydrogens (tertiary/aromatic N) is 1. The number of carbonyl (C=O) groups is 2. The minimum absolute atomic E-state index is 0.0348. The second kappa shape index (κ2) is 6.44. The molecule has 0 spiro atoms. The summed E-state index contributed by atoms with van der Waals surface area (Å²) in [5, 5.41) is 2.76. The van der Waals surface area contributed by atoms with Gasteiger partial charge >= 0.3 is 0 Å². The van der Waals surface area contributed by atoms with E-state index in [1.165, 1.54) is 12.1 Å². The third-order valence-corrected chi connectivity index (χ3v) is 4.23. The average molecular weight is 306 g/mol. The van der Waals surface area contributed by atoms with Crippen LogP contribution in [0.1, 0.15) is 24.4 Å².